The van der Waals surface area contributed by atoms with E-state index in [0.717, 1.165) is 38.9 Å². The molecular formula is C12H18N4. The zero-order valence-corrected chi connectivity index (χ0v) is 9.65. The summed E-state index contributed by atoms with van der Waals surface area (Å²) in [5, 5.41) is 8.46. The summed E-state index contributed by atoms with van der Waals surface area (Å²) in [6.07, 6.45) is 3.23. The molecule has 0 heterocycles. The lowest BCUT2D eigenvalue weighted by Crippen LogP contribution is -2.28. The molecule has 86 valence electrons. The van der Waals surface area contributed by atoms with E-state index in [9.17, 15) is 0 Å². The van der Waals surface area contributed by atoms with Crippen LogP contribution in [0.2, 0.25) is 0 Å². The number of unbranched alkanes of at least 4 members (excludes halogenated alkanes) is 1. The van der Waals surface area contributed by atoms with Crippen LogP contribution in [-0.4, -0.2) is 37.6 Å². The standard InChI is InChI=1S/C12H18N4/c1-14-8-5-11-16(10-4-3-7-13)12-6-9-15-2/h3-6,8-12H2. The van der Waals surface area contributed by atoms with Crippen LogP contribution in [0.4, 0.5) is 0 Å². The van der Waals surface area contributed by atoms with Crippen LogP contribution in [0.25, 0.3) is 9.69 Å². The molecule has 0 saturated heterocycles. The molecular weight excluding hydrogens is 200 g/mol. The fraction of sp³-hybridized carbons (Fsp3) is 0.750. The molecule has 0 aliphatic heterocycles. The van der Waals surface area contributed by atoms with E-state index in [0.29, 0.717) is 19.5 Å². The van der Waals surface area contributed by atoms with Crippen molar-refractivity contribution in [3.05, 3.63) is 22.8 Å². The molecule has 0 aliphatic carbocycles. The Kier molecular flexibility index (Phi) is 10.4. The van der Waals surface area contributed by atoms with Gasteiger partial charge in [0.2, 0.25) is 13.1 Å². The van der Waals surface area contributed by atoms with Gasteiger partial charge in [-0.2, -0.15) is 5.26 Å². The van der Waals surface area contributed by atoms with Crippen LogP contribution in [0.1, 0.15) is 25.7 Å². The second kappa shape index (κ2) is 11.5. The molecule has 0 spiro atoms. The van der Waals surface area contributed by atoms with Crippen molar-refractivity contribution in [3.63, 3.8) is 0 Å². The van der Waals surface area contributed by atoms with Gasteiger partial charge in [-0.25, -0.2) is 13.1 Å². The van der Waals surface area contributed by atoms with Crippen LogP contribution in [0.15, 0.2) is 0 Å². The van der Waals surface area contributed by atoms with Crippen molar-refractivity contribution in [1.29, 1.82) is 5.26 Å². The molecule has 0 unspecified atom stereocenters. The molecule has 0 aromatic heterocycles. The highest BCUT2D eigenvalue weighted by Gasteiger charge is 2.05. The molecule has 0 saturated carbocycles. The molecule has 0 atom stereocenters. The third-order valence-corrected chi connectivity index (χ3v) is 2.25. The summed E-state index contributed by atoms with van der Waals surface area (Å²) >= 11 is 0. The first-order valence-electron chi connectivity index (χ1n) is 5.61. The second-order valence-corrected chi connectivity index (χ2v) is 3.57. The highest BCUT2D eigenvalue weighted by Crippen LogP contribution is 1.99. The maximum Gasteiger partial charge on any atom is 0.215 e. The van der Waals surface area contributed by atoms with Crippen molar-refractivity contribution >= 4 is 0 Å². The highest BCUT2D eigenvalue weighted by atomic mass is 15.1. The van der Waals surface area contributed by atoms with Gasteiger partial charge in [0.05, 0.1) is 6.07 Å². The van der Waals surface area contributed by atoms with Gasteiger partial charge in [-0.1, -0.05) is 0 Å². The molecule has 0 N–H and O–H groups in total. The van der Waals surface area contributed by atoms with Gasteiger partial charge in [-0.05, 0) is 13.0 Å². The van der Waals surface area contributed by atoms with Crippen LogP contribution < -0.4 is 0 Å². The Hall–Kier alpha value is -1.57. The average Bonchev–Trinajstić information content (AvgIpc) is 2.29. The van der Waals surface area contributed by atoms with Crippen LogP contribution in [0.3, 0.4) is 0 Å². The number of nitrogens with zero attached hydrogens (tertiary/aromatic N) is 4. The van der Waals surface area contributed by atoms with Crippen LogP contribution >= 0.6 is 0 Å². The Labute approximate surface area is 98.1 Å². The normalized spacial score (nSPS) is 9.38. The zero-order chi connectivity index (χ0) is 12.1. The minimum Gasteiger partial charge on any atom is -0.317 e. The Morgan fingerprint density at radius 1 is 0.938 bits per heavy atom. The van der Waals surface area contributed by atoms with Gasteiger partial charge in [0.15, 0.2) is 0 Å². The van der Waals surface area contributed by atoms with Crippen molar-refractivity contribution in [2.45, 2.75) is 25.7 Å². The van der Waals surface area contributed by atoms with Crippen LogP contribution in [-0.2, 0) is 0 Å². The van der Waals surface area contributed by atoms with E-state index >= 15 is 0 Å². The molecule has 0 radical (unpaired) electrons. The summed E-state index contributed by atoms with van der Waals surface area (Å²) in [7, 11) is 0. The van der Waals surface area contributed by atoms with Gasteiger partial charge in [-0.15, -0.1) is 0 Å². The molecule has 4 nitrogen and oxygen atoms in total. The largest absolute Gasteiger partial charge is 0.317 e. The van der Waals surface area contributed by atoms with Gasteiger partial charge in [0, 0.05) is 32.4 Å². The van der Waals surface area contributed by atoms with E-state index in [1.165, 1.54) is 0 Å². The smallest absolute Gasteiger partial charge is 0.215 e. The Bertz CT molecular complexity index is 231. The lowest BCUT2D eigenvalue weighted by atomic mass is 10.2. The maximum absolute atomic E-state index is 8.46. The molecule has 0 aromatic rings. The molecule has 0 aliphatic rings. The summed E-state index contributed by atoms with van der Waals surface area (Å²) in [6.45, 7) is 17.3. The van der Waals surface area contributed by atoms with E-state index in [2.05, 4.69) is 20.7 Å². The Balaban J connectivity index is 3.73. The minimum atomic E-state index is 0.567. The van der Waals surface area contributed by atoms with Gasteiger partial charge >= 0.3 is 0 Å². The minimum absolute atomic E-state index is 0.567. The first-order valence-corrected chi connectivity index (χ1v) is 5.61. The molecule has 16 heavy (non-hydrogen) atoms. The zero-order valence-electron chi connectivity index (χ0n) is 9.65. The van der Waals surface area contributed by atoms with Crippen molar-refractivity contribution in [2.75, 3.05) is 32.7 Å². The van der Waals surface area contributed by atoms with Gasteiger partial charge in [0.25, 0.3) is 0 Å². The fourth-order valence-corrected chi connectivity index (χ4v) is 1.46. The fourth-order valence-electron chi connectivity index (χ4n) is 1.46. The lowest BCUT2D eigenvalue weighted by molar-refractivity contribution is 0.271. The number of nitriles is 1. The van der Waals surface area contributed by atoms with Gasteiger partial charge in [-0.3, -0.25) is 0 Å². The molecule has 0 rings (SSSR count). The number of hydrogen-bond acceptors (Lipinski definition) is 2. The maximum atomic E-state index is 8.46. The van der Waals surface area contributed by atoms with Crippen molar-refractivity contribution in [1.82, 2.24) is 4.90 Å². The van der Waals surface area contributed by atoms with Crippen molar-refractivity contribution < 1.29 is 0 Å². The first kappa shape index (κ1) is 14.4. The summed E-state index contributed by atoms with van der Waals surface area (Å²) in [5.41, 5.74) is 0. The average molecular weight is 218 g/mol. The Morgan fingerprint density at radius 2 is 1.44 bits per heavy atom. The van der Waals surface area contributed by atoms with E-state index in [1.54, 1.807) is 0 Å². The summed E-state index contributed by atoms with van der Waals surface area (Å²) in [4.78, 5) is 8.90. The number of hydrogen-bond donors (Lipinski definition) is 0. The molecule has 0 aromatic carbocycles. The van der Waals surface area contributed by atoms with Crippen molar-refractivity contribution in [2.24, 2.45) is 0 Å². The van der Waals surface area contributed by atoms with Gasteiger partial charge in [0.1, 0.15) is 0 Å². The molecule has 0 amide bonds. The van der Waals surface area contributed by atoms with E-state index in [4.69, 9.17) is 18.4 Å². The predicted octanol–water partition coefficient (Wildman–Crippen LogP) is 2.21. The summed E-state index contributed by atoms with van der Waals surface area (Å²) in [5.74, 6) is 0. The molecule has 0 bridgehead atoms. The number of rotatable bonds is 9. The van der Waals surface area contributed by atoms with E-state index in [-0.39, 0.29) is 0 Å². The third kappa shape index (κ3) is 9.00. The second-order valence-electron chi connectivity index (χ2n) is 3.57. The van der Waals surface area contributed by atoms with Gasteiger partial charge < -0.3 is 14.6 Å². The monoisotopic (exact) mass is 218 g/mol. The SMILES string of the molecule is [C-]#[N+]CCCN(CCCC#N)CCC[N+]#[C-]. The topological polar surface area (TPSA) is 35.8 Å². The molecule has 4 heteroatoms. The summed E-state index contributed by atoms with van der Waals surface area (Å²) in [6, 6.07) is 2.13. The van der Waals surface area contributed by atoms with E-state index in [1.807, 2.05) is 0 Å². The highest BCUT2D eigenvalue weighted by molar-refractivity contribution is 4.72. The van der Waals surface area contributed by atoms with E-state index < -0.39 is 0 Å². The lowest BCUT2D eigenvalue weighted by Gasteiger charge is -2.19. The quantitative estimate of drug-likeness (QED) is 0.439. The molecule has 0 fully saturated rings. The van der Waals surface area contributed by atoms with Crippen molar-refractivity contribution in [3.8, 4) is 6.07 Å². The predicted molar refractivity (Wildman–Crippen MR) is 63.5 cm³/mol. The van der Waals surface area contributed by atoms with Crippen LogP contribution in [0.5, 0.6) is 0 Å². The third-order valence-electron chi connectivity index (χ3n) is 2.25. The van der Waals surface area contributed by atoms with Crippen LogP contribution in [0, 0.1) is 24.5 Å². The summed E-state index contributed by atoms with van der Waals surface area (Å²) < 4.78 is 0. The Morgan fingerprint density at radius 3 is 1.88 bits per heavy atom. The first-order chi connectivity index (χ1) is 7.85.